The molecule has 4 aromatic rings. The van der Waals surface area contributed by atoms with Crippen molar-refractivity contribution >= 4 is 28.3 Å². The van der Waals surface area contributed by atoms with E-state index in [4.69, 9.17) is 0 Å². The van der Waals surface area contributed by atoms with Gasteiger partial charge in [-0.3, -0.25) is 0 Å². The fraction of sp³-hybridized carbons (Fsp3) is 0.269. The van der Waals surface area contributed by atoms with E-state index in [0.29, 0.717) is 12.6 Å². The van der Waals surface area contributed by atoms with Crippen molar-refractivity contribution in [2.75, 3.05) is 0 Å². The highest BCUT2D eigenvalue weighted by Crippen LogP contribution is 2.36. The number of amides is 2. The second kappa shape index (κ2) is 8.98. The summed E-state index contributed by atoms with van der Waals surface area (Å²) in [7, 11) is 0. The maximum Gasteiger partial charge on any atom is 0.315 e. The number of aromatic nitrogens is 1. The summed E-state index contributed by atoms with van der Waals surface area (Å²) >= 11 is 1.74. The molecule has 2 heterocycles. The van der Waals surface area contributed by atoms with Gasteiger partial charge in [0, 0.05) is 35.6 Å². The third-order valence-electron chi connectivity index (χ3n) is 6.13. The van der Waals surface area contributed by atoms with Crippen LogP contribution in [-0.2, 0) is 13.1 Å². The number of thiophene rings is 1. The Balaban J connectivity index is 1.52. The summed E-state index contributed by atoms with van der Waals surface area (Å²) in [5.41, 5.74) is 4.83. The van der Waals surface area contributed by atoms with Gasteiger partial charge in [-0.05, 0) is 35.9 Å². The number of hydrogen-bond acceptors (Lipinski definition) is 2. The predicted molar refractivity (Wildman–Crippen MR) is 128 cm³/mol. The lowest BCUT2D eigenvalue weighted by Crippen LogP contribution is -2.40. The van der Waals surface area contributed by atoms with Crippen molar-refractivity contribution in [1.29, 1.82) is 0 Å². The van der Waals surface area contributed by atoms with Crippen LogP contribution in [0.1, 0.15) is 36.8 Å². The molecule has 1 fully saturated rings. The van der Waals surface area contributed by atoms with Gasteiger partial charge < -0.3 is 15.2 Å². The van der Waals surface area contributed by atoms with Gasteiger partial charge in [0.25, 0.3) is 0 Å². The Hall–Kier alpha value is -3.05. The molecule has 1 saturated carbocycles. The summed E-state index contributed by atoms with van der Waals surface area (Å²) in [5, 5.41) is 9.59. The van der Waals surface area contributed by atoms with Crippen LogP contribution in [0.3, 0.4) is 0 Å². The minimum atomic E-state index is -0.0658. The van der Waals surface area contributed by atoms with Crippen LogP contribution in [0.15, 0.2) is 72.1 Å². The van der Waals surface area contributed by atoms with E-state index >= 15 is 0 Å². The fourth-order valence-electron chi connectivity index (χ4n) is 4.65. The molecule has 0 bridgehead atoms. The Morgan fingerprint density at radius 2 is 1.74 bits per heavy atom. The molecule has 2 aromatic carbocycles. The number of hydrogen-bond donors (Lipinski definition) is 2. The van der Waals surface area contributed by atoms with Crippen molar-refractivity contribution in [2.24, 2.45) is 0 Å². The van der Waals surface area contributed by atoms with Crippen LogP contribution in [0.5, 0.6) is 0 Å². The molecule has 0 unspecified atom stereocenters. The number of benzene rings is 2. The molecule has 0 radical (unpaired) electrons. The summed E-state index contributed by atoms with van der Waals surface area (Å²) in [6, 6.07) is 23.6. The molecule has 0 aliphatic heterocycles. The van der Waals surface area contributed by atoms with Crippen LogP contribution in [0.25, 0.3) is 21.5 Å². The molecule has 0 atom stereocenters. The molecule has 2 amide bonds. The standard InChI is InChI=1S/C26H27N3OS/c30-26(28-20-11-4-5-12-20)27-17-22-21-13-6-7-14-23(21)29(18-19-9-2-1-3-10-19)25(22)24-15-8-16-31-24/h1-3,6-10,13-16,20H,4-5,11-12,17-18H2,(H2,27,28,30). The first-order valence-electron chi connectivity index (χ1n) is 11.0. The summed E-state index contributed by atoms with van der Waals surface area (Å²) in [6.45, 7) is 1.30. The van der Waals surface area contributed by atoms with Crippen molar-refractivity contribution < 1.29 is 4.79 Å². The van der Waals surface area contributed by atoms with Gasteiger partial charge in [-0.25, -0.2) is 4.79 Å². The Kier molecular flexibility index (Phi) is 5.76. The largest absolute Gasteiger partial charge is 0.335 e. The Bertz CT molecular complexity index is 1160. The minimum Gasteiger partial charge on any atom is -0.335 e. The molecule has 5 rings (SSSR count). The Morgan fingerprint density at radius 1 is 0.968 bits per heavy atom. The van der Waals surface area contributed by atoms with Crippen LogP contribution in [0.2, 0.25) is 0 Å². The predicted octanol–water partition coefficient (Wildman–Crippen LogP) is 6.16. The molecular formula is C26H27N3OS. The van der Waals surface area contributed by atoms with Crippen LogP contribution in [0, 0.1) is 0 Å². The molecule has 31 heavy (non-hydrogen) atoms. The highest BCUT2D eigenvalue weighted by molar-refractivity contribution is 7.13. The van der Waals surface area contributed by atoms with Crippen molar-refractivity contribution in [3.8, 4) is 10.6 Å². The Morgan fingerprint density at radius 3 is 2.52 bits per heavy atom. The number of nitrogens with zero attached hydrogens (tertiary/aromatic N) is 1. The van der Waals surface area contributed by atoms with Crippen molar-refractivity contribution in [3.63, 3.8) is 0 Å². The SMILES string of the molecule is O=C(NCc1c(-c2cccs2)n(Cc2ccccc2)c2ccccc12)NC1CCCC1. The fourth-order valence-corrected chi connectivity index (χ4v) is 5.46. The van der Waals surface area contributed by atoms with Crippen LogP contribution in [0.4, 0.5) is 4.79 Å². The number of para-hydroxylation sites is 1. The van der Waals surface area contributed by atoms with E-state index in [0.717, 1.165) is 19.4 Å². The molecule has 0 spiro atoms. The first kappa shape index (κ1) is 19.9. The third-order valence-corrected chi connectivity index (χ3v) is 7.01. The molecule has 2 aromatic heterocycles. The van der Waals surface area contributed by atoms with E-state index in [1.165, 1.54) is 45.4 Å². The van der Waals surface area contributed by atoms with E-state index < -0.39 is 0 Å². The van der Waals surface area contributed by atoms with Crippen molar-refractivity contribution in [2.45, 2.75) is 44.8 Å². The first-order valence-corrected chi connectivity index (χ1v) is 11.9. The van der Waals surface area contributed by atoms with Gasteiger partial charge in [-0.15, -0.1) is 11.3 Å². The lowest BCUT2D eigenvalue weighted by atomic mass is 10.1. The van der Waals surface area contributed by atoms with E-state index in [1.807, 2.05) is 0 Å². The van der Waals surface area contributed by atoms with Gasteiger partial charge in [-0.2, -0.15) is 0 Å². The van der Waals surface area contributed by atoms with E-state index in [9.17, 15) is 4.79 Å². The second-order valence-electron chi connectivity index (χ2n) is 8.20. The number of carbonyl (C=O) groups excluding carboxylic acids is 1. The molecule has 158 valence electrons. The van der Waals surface area contributed by atoms with Gasteiger partial charge in [0.1, 0.15) is 0 Å². The number of rotatable bonds is 6. The maximum absolute atomic E-state index is 12.6. The van der Waals surface area contributed by atoms with Gasteiger partial charge in [0.15, 0.2) is 0 Å². The molecule has 0 saturated heterocycles. The number of nitrogens with one attached hydrogen (secondary N) is 2. The maximum atomic E-state index is 12.6. The van der Waals surface area contributed by atoms with E-state index in [2.05, 4.69) is 87.3 Å². The number of urea groups is 1. The number of fused-ring (bicyclic) bond motifs is 1. The van der Waals surface area contributed by atoms with Gasteiger partial charge in [0.2, 0.25) is 0 Å². The zero-order chi connectivity index (χ0) is 21.0. The lowest BCUT2D eigenvalue weighted by molar-refractivity contribution is 0.237. The average Bonchev–Trinajstić information content (AvgIpc) is 3.55. The zero-order valence-corrected chi connectivity index (χ0v) is 18.3. The summed E-state index contributed by atoms with van der Waals surface area (Å²) in [6.07, 6.45) is 4.59. The van der Waals surface area contributed by atoms with Gasteiger partial charge >= 0.3 is 6.03 Å². The minimum absolute atomic E-state index is 0.0658. The first-order chi connectivity index (χ1) is 15.3. The Labute approximate surface area is 186 Å². The van der Waals surface area contributed by atoms with Crippen LogP contribution in [-0.4, -0.2) is 16.6 Å². The molecule has 1 aliphatic carbocycles. The lowest BCUT2D eigenvalue weighted by Gasteiger charge is -2.14. The van der Waals surface area contributed by atoms with Crippen LogP contribution < -0.4 is 10.6 Å². The van der Waals surface area contributed by atoms with Gasteiger partial charge in [-0.1, -0.05) is 67.4 Å². The third kappa shape index (κ3) is 4.23. The summed E-state index contributed by atoms with van der Waals surface area (Å²) < 4.78 is 2.39. The highest BCUT2D eigenvalue weighted by Gasteiger charge is 2.21. The monoisotopic (exact) mass is 429 g/mol. The smallest absolute Gasteiger partial charge is 0.315 e. The van der Waals surface area contributed by atoms with Crippen LogP contribution >= 0.6 is 11.3 Å². The normalized spacial score (nSPS) is 14.2. The highest BCUT2D eigenvalue weighted by atomic mass is 32.1. The zero-order valence-electron chi connectivity index (χ0n) is 17.5. The average molecular weight is 430 g/mol. The summed E-state index contributed by atoms with van der Waals surface area (Å²) in [5.74, 6) is 0. The molecule has 2 N–H and O–H groups in total. The molecule has 1 aliphatic rings. The summed E-state index contributed by atoms with van der Waals surface area (Å²) in [4.78, 5) is 13.8. The van der Waals surface area contributed by atoms with Crippen molar-refractivity contribution in [3.05, 3.63) is 83.2 Å². The van der Waals surface area contributed by atoms with E-state index in [-0.39, 0.29) is 6.03 Å². The topological polar surface area (TPSA) is 46.1 Å². The second-order valence-corrected chi connectivity index (χ2v) is 9.15. The van der Waals surface area contributed by atoms with Crippen molar-refractivity contribution in [1.82, 2.24) is 15.2 Å². The molecule has 5 heteroatoms. The number of carbonyl (C=O) groups is 1. The van der Waals surface area contributed by atoms with E-state index in [1.54, 1.807) is 11.3 Å². The van der Waals surface area contributed by atoms with Gasteiger partial charge in [0.05, 0.1) is 10.6 Å². The quantitative estimate of drug-likeness (QED) is 0.379. The molecular weight excluding hydrogens is 402 g/mol. The molecule has 4 nitrogen and oxygen atoms in total.